The minimum Gasteiger partial charge on any atom is -0.366 e. The molecule has 0 radical (unpaired) electrons. The molecule has 0 N–H and O–H groups in total. The van der Waals surface area contributed by atoms with Crippen LogP contribution in [0, 0.1) is 0 Å². The summed E-state index contributed by atoms with van der Waals surface area (Å²) in [6, 6.07) is 13.2. The van der Waals surface area contributed by atoms with Crippen molar-refractivity contribution in [1.82, 2.24) is 19.8 Å². The van der Waals surface area contributed by atoms with E-state index in [-0.39, 0.29) is 18.4 Å². The molecule has 0 fully saturated rings. The molecule has 30 heavy (non-hydrogen) atoms. The van der Waals surface area contributed by atoms with Crippen LogP contribution in [0.2, 0.25) is 0 Å². The molecule has 4 rings (SSSR count). The highest BCUT2D eigenvalue weighted by molar-refractivity contribution is 7.11. The van der Waals surface area contributed by atoms with Crippen molar-refractivity contribution in [2.45, 2.75) is 19.9 Å². The predicted octanol–water partition coefficient (Wildman–Crippen LogP) is 3.38. The molecule has 3 aromatic rings. The van der Waals surface area contributed by atoms with Crippen LogP contribution in [0.15, 0.2) is 72.1 Å². The van der Waals surface area contributed by atoms with E-state index >= 15 is 0 Å². The Kier molecular flexibility index (Phi) is 5.99. The van der Waals surface area contributed by atoms with Crippen molar-refractivity contribution >= 4 is 28.7 Å². The predicted molar refractivity (Wildman–Crippen MR) is 116 cm³/mol. The number of pyridine rings is 2. The summed E-state index contributed by atoms with van der Waals surface area (Å²) in [6.07, 6.45) is 5.96. The van der Waals surface area contributed by atoms with Crippen molar-refractivity contribution in [1.29, 1.82) is 0 Å². The maximum Gasteiger partial charge on any atom is 0.278 e. The van der Waals surface area contributed by atoms with Gasteiger partial charge in [-0.3, -0.25) is 24.5 Å². The van der Waals surface area contributed by atoms with E-state index < -0.39 is 0 Å². The Bertz CT molecular complexity index is 1050. The lowest BCUT2D eigenvalue weighted by atomic mass is 10.1. The van der Waals surface area contributed by atoms with E-state index in [0.29, 0.717) is 30.1 Å². The Balaban J connectivity index is 1.65. The quantitative estimate of drug-likeness (QED) is 0.525. The average Bonchev–Trinajstić information content (AvgIpc) is 3.39. The number of nitrogens with zero attached hydrogens (tertiary/aromatic N) is 4. The molecule has 7 heteroatoms. The van der Waals surface area contributed by atoms with Crippen LogP contribution in [0.5, 0.6) is 0 Å². The minimum atomic E-state index is -0.259. The van der Waals surface area contributed by atoms with Crippen LogP contribution in [-0.2, 0) is 22.6 Å². The molecule has 152 valence electrons. The van der Waals surface area contributed by atoms with Gasteiger partial charge in [0.15, 0.2) is 0 Å². The summed E-state index contributed by atoms with van der Waals surface area (Å²) in [5.41, 5.74) is 2.80. The van der Waals surface area contributed by atoms with E-state index in [9.17, 15) is 9.59 Å². The van der Waals surface area contributed by atoms with Gasteiger partial charge in [0.2, 0.25) is 0 Å². The SMILES string of the molecule is CCN(CCc1ccncc1)C1=C(c2cccs2)C(=O)N(Cc2ccccn2)C1=O. The number of thiophene rings is 1. The van der Waals surface area contributed by atoms with Gasteiger partial charge in [0.05, 0.1) is 17.8 Å². The number of imide groups is 1. The van der Waals surface area contributed by atoms with E-state index in [1.54, 1.807) is 18.6 Å². The summed E-state index contributed by atoms with van der Waals surface area (Å²) < 4.78 is 0. The van der Waals surface area contributed by atoms with Gasteiger partial charge in [0.1, 0.15) is 5.70 Å². The third-order valence-electron chi connectivity index (χ3n) is 5.08. The van der Waals surface area contributed by atoms with Crippen LogP contribution < -0.4 is 0 Å². The molecule has 0 unspecified atom stereocenters. The van der Waals surface area contributed by atoms with Gasteiger partial charge in [0.25, 0.3) is 11.8 Å². The molecule has 0 aliphatic carbocycles. The lowest BCUT2D eigenvalue weighted by Gasteiger charge is -2.24. The molecular weight excluding hydrogens is 396 g/mol. The second kappa shape index (κ2) is 9.00. The summed E-state index contributed by atoms with van der Waals surface area (Å²) in [5.74, 6) is -0.518. The van der Waals surface area contributed by atoms with Crippen LogP contribution in [0.25, 0.3) is 5.57 Å². The molecule has 3 aromatic heterocycles. The molecule has 6 nitrogen and oxygen atoms in total. The second-order valence-corrected chi connectivity index (χ2v) is 7.85. The molecular formula is C23H22N4O2S. The van der Waals surface area contributed by atoms with Crippen LogP contribution in [0.4, 0.5) is 0 Å². The Labute approximate surface area is 179 Å². The molecule has 0 atom stereocenters. The third kappa shape index (κ3) is 4.02. The summed E-state index contributed by atoms with van der Waals surface area (Å²) in [5, 5.41) is 1.92. The van der Waals surface area contributed by atoms with Crippen molar-refractivity contribution in [3.05, 3.63) is 88.3 Å². The smallest absolute Gasteiger partial charge is 0.278 e. The van der Waals surface area contributed by atoms with Gasteiger partial charge in [0, 0.05) is 36.6 Å². The second-order valence-electron chi connectivity index (χ2n) is 6.90. The van der Waals surface area contributed by atoms with E-state index in [1.807, 2.05) is 59.7 Å². The van der Waals surface area contributed by atoms with Crippen molar-refractivity contribution < 1.29 is 9.59 Å². The first-order valence-corrected chi connectivity index (χ1v) is 10.7. The van der Waals surface area contributed by atoms with Crippen molar-refractivity contribution in [2.24, 2.45) is 0 Å². The van der Waals surface area contributed by atoms with Gasteiger partial charge in [-0.25, -0.2) is 0 Å². The zero-order valence-electron chi connectivity index (χ0n) is 16.7. The number of hydrogen-bond acceptors (Lipinski definition) is 6. The lowest BCUT2D eigenvalue weighted by molar-refractivity contribution is -0.138. The molecule has 4 heterocycles. The monoisotopic (exact) mass is 418 g/mol. The molecule has 0 aromatic carbocycles. The van der Waals surface area contributed by atoms with Gasteiger partial charge in [-0.05, 0) is 54.6 Å². The average molecular weight is 419 g/mol. The fourth-order valence-electron chi connectivity index (χ4n) is 3.54. The summed E-state index contributed by atoms with van der Waals surface area (Å²) in [7, 11) is 0. The van der Waals surface area contributed by atoms with Gasteiger partial charge < -0.3 is 4.90 Å². The van der Waals surface area contributed by atoms with Gasteiger partial charge in [-0.1, -0.05) is 12.1 Å². The summed E-state index contributed by atoms with van der Waals surface area (Å²) in [6.45, 7) is 3.44. The van der Waals surface area contributed by atoms with Gasteiger partial charge >= 0.3 is 0 Å². The van der Waals surface area contributed by atoms with Crippen LogP contribution in [-0.4, -0.2) is 44.7 Å². The Morgan fingerprint density at radius 3 is 2.50 bits per heavy atom. The summed E-state index contributed by atoms with van der Waals surface area (Å²) in [4.78, 5) is 39.2. The lowest BCUT2D eigenvalue weighted by Crippen LogP contribution is -2.35. The molecule has 0 spiro atoms. The number of carbonyl (C=O) groups is 2. The van der Waals surface area contributed by atoms with Crippen molar-refractivity contribution in [3.63, 3.8) is 0 Å². The van der Waals surface area contributed by atoms with Crippen LogP contribution in [0.3, 0.4) is 0 Å². The highest BCUT2D eigenvalue weighted by atomic mass is 32.1. The minimum absolute atomic E-state index is 0.165. The number of rotatable bonds is 8. The van der Waals surface area contributed by atoms with Gasteiger partial charge in [-0.15, -0.1) is 11.3 Å². The highest BCUT2D eigenvalue weighted by Gasteiger charge is 2.41. The van der Waals surface area contributed by atoms with E-state index in [0.717, 1.165) is 16.9 Å². The largest absolute Gasteiger partial charge is 0.366 e. The third-order valence-corrected chi connectivity index (χ3v) is 5.96. The van der Waals surface area contributed by atoms with Crippen LogP contribution in [0.1, 0.15) is 23.1 Å². The zero-order chi connectivity index (χ0) is 20.9. The Morgan fingerprint density at radius 1 is 1.00 bits per heavy atom. The summed E-state index contributed by atoms with van der Waals surface area (Å²) >= 11 is 1.47. The van der Waals surface area contributed by atoms with Crippen molar-refractivity contribution in [3.8, 4) is 0 Å². The molecule has 1 aliphatic heterocycles. The number of likely N-dealkylation sites (N-methyl/N-ethyl adjacent to an activating group) is 1. The Morgan fingerprint density at radius 2 is 1.83 bits per heavy atom. The fourth-order valence-corrected chi connectivity index (χ4v) is 4.30. The highest BCUT2D eigenvalue weighted by Crippen LogP contribution is 2.34. The molecule has 0 bridgehead atoms. The van der Waals surface area contributed by atoms with E-state index in [4.69, 9.17) is 0 Å². The van der Waals surface area contributed by atoms with E-state index in [2.05, 4.69) is 9.97 Å². The normalized spacial score (nSPS) is 14.0. The fraction of sp³-hybridized carbons (Fsp3) is 0.217. The number of carbonyl (C=O) groups excluding carboxylic acids is 2. The molecule has 2 amide bonds. The topological polar surface area (TPSA) is 66.4 Å². The standard InChI is InChI=1S/C23H22N4O2S/c1-2-26(14-10-17-8-12-24-13-9-17)21-20(19-7-5-15-30-19)22(28)27(23(21)29)16-18-6-3-4-11-25-18/h3-9,11-13,15H,2,10,14,16H2,1H3. The molecule has 1 aliphatic rings. The van der Waals surface area contributed by atoms with Gasteiger partial charge in [-0.2, -0.15) is 0 Å². The Hall–Kier alpha value is -3.32. The number of hydrogen-bond donors (Lipinski definition) is 0. The van der Waals surface area contributed by atoms with Crippen LogP contribution >= 0.6 is 11.3 Å². The molecule has 0 saturated carbocycles. The number of aromatic nitrogens is 2. The van der Waals surface area contributed by atoms with Crippen molar-refractivity contribution in [2.75, 3.05) is 13.1 Å². The first kappa shape index (κ1) is 20.0. The zero-order valence-corrected chi connectivity index (χ0v) is 17.5. The first-order valence-electron chi connectivity index (χ1n) is 9.87. The maximum absolute atomic E-state index is 13.4. The van der Waals surface area contributed by atoms with E-state index in [1.165, 1.54) is 16.2 Å². The first-order chi connectivity index (χ1) is 14.7. The maximum atomic E-state index is 13.4. The molecule has 0 saturated heterocycles. The number of amides is 2.